The minimum atomic E-state index is -0.157. The van der Waals surface area contributed by atoms with Gasteiger partial charge in [-0.3, -0.25) is 4.79 Å². The number of thioether (sulfide) groups is 2. The number of carbonyl (C=O) groups excluding carboxylic acids is 1. The van der Waals surface area contributed by atoms with Crippen molar-refractivity contribution >= 4 is 46.7 Å². The molecule has 1 aromatic heterocycles. The number of hydrogen-bond donors (Lipinski definition) is 1. The van der Waals surface area contributed by atoms with Gasteiger partial charge in [-0.05, 0) is 17.8 Å². The first-order chi connectivity index (χ1) is 11.6. The number of nitrogens with zero attached hydrogens (tertiary/aromatic N) is 2. The number of amides is 1. The van der Waals surface area contributed by atoms with Gasteiger partial charge in [-0.1, -0.05) is 23.5 Å². The summed E-state index contributed by atoms with van der Waals surface area (Å²) in [5.74, 6) is 1.52. The fourth-order valence-corrected chi connectivity index (χ4v) is 3.83. The number of rotatable bonds is 8. The third-order valence-electron chi connectivity index (χ3n) is 2.85. The first-order valence-corrected chi connectivity index (χ1v) is 9.70. The third kappa shape index (κ3) is 4.68. The van der Waals surface area contributed by atoms with Crippen molar-refractivity contribution in [3.05, 3.63) is 12.1 Å². The van der Waals surface area contributed by atoms with Crippen LogP contribution < -0.4 is 19.5 Å². The normalized spacial score (nSPS) is 10.3. The van der Waals surface area contributed by atoms with Crippen molar-refractivity contribution in [3.63, 3.8) is 0 Å². The van der Waals surface area contributed by atoms with Crippen molar-refractivity contribution < 1.29 is 19.0 Å². The lowest BCUT2D eigenvalue weighted by Crippen LogP contribution is -2.14. The van der Waals surface area contributed by atoms with Crippen LogP contribution in [0.25, 0.3) is 0 Å². The summed E-state index contributed by atoms with van der Waals surface area (Å²) in [4.78, 5) is 16.4. The van der Waals surface area contributed by atoms with Crippen LogP contribution in [-0.2, 0) is 4.79 Å². The lowest BCUT2D eigenvalue weighted by molar-refractivity contribution is -0.113. The molecule has 130 valence electrons. The minimum absolute atomic E-state index is 0.157. The zero-order valence-corrected chi connectivity index (χ0v) is 16.1. The number of aromatic nitrogens is 2. The molecule has 7 nitrogen and oxygen atoms in total. The van der Waals surface area contributed by atoms with Gasteiger partial charge in [0.15, 0.2) is 15.8 Å². The highest BCUT2D eigenvalue weighted by Gasteiger charge is 2.15. The van der Waals surface area contributed by atoms with Gasteiger partial charge in [-0.25, -0.2) is 4.98 Å². The van der Waals surface area contributed by atoms with Crippen molar-refractivity contribution in [2.75, 3.05) is 38.7 Å². The highest BCUT2D eigenvalue weighted by atomic mass is 32.2. The van der Waals surface area contributed by atoms with Crippen molar-refractivity contribution in [2.24, 2.45) is 0 Å². The number of anilines is 1. The molecule has 0 atom stereocenters. The maximum Gasteiger partial charge on any atom is 0.234 e. The van der Waals surface area contributed by atoms with Crippen molar-refractivity contribution in [2.45, 2.75) is 9.50 Å². The summed E-state index contributed by atoms with van der Waals surface area (Å²) in [6.07, 6.45) is 1.91. The van der Waals surface area contributed by atoms with Gasteiger partial charge in [-0.15, -0.1) is 0 Å². The second kappa shape index (κ2) is 9.00. The molecule has 0 saturated heterocycles. The Labute approximate surface area is 152 Å². The van der Waals surface area contributed by atoms with E-state index >= 15 is 0 Å². The molecule has 0 saturated carbocycles. The van der Waals surface area contributed by atoms with Crippen LogP contribution in [0.5, 0.6) is 17.2 Å². The second-order valence-electron chi connectivity index (χ2n) is 4.30. The fraction of sp³-hybridized carbons (Fsp3) is 0.357. The van der Waals surface area contributed by atoms with E-state index in [0.29, 0.717) is 28.1 Å². The molecule has 0 spiro atoms. The van der Waals surface area contributed by atoms with E-state index in [4.69, 9.17) is 14.2 Å². The van der Waals surface area contributed by atoms with E-state index in [0.717, 1.165) is 4.34 Å². The summed E-state index contributed by atoms with van der Waals surface area (Å²) < 4.78 is 20.7. The summed E-state index contributed by atoms with van der Waals surface area (Å²) in [5, 5.41) is 3.52. The van der Waals surface area contributed by atoms with Crippen LogP contribution in [0.1, 0.15) is 0 Å². The lowest BCUT2D eigenvalue weighted by Gasteiger charge is -2.14. The molecule has 0 aliphatic rings. The molecular weight excluding hydrogens is 370 g/mol. The Morgan fingerprint density at radius 2 is 1.88 bits per heavy atom. The zero-order chi connectivity index (χ0) is 17.5. The molecular formula is C14H17N3O4S3. The van der Waals surface area contributed by atoms with E-state index in [1.807, 2.05) is 6.26 Å². The highest BCUT2D eigenvalue weighted by molar-refractivity contribution is 8.01. The molecule has 0 aliphatic heterocycles. The summed E-state index contributed by atoms with van der Waals surface area (Å²) >= 11 is 4.10. The molecule has 0 radical (unpaired) electrons. The van der Waals surface area contributed by atoms with Gasteiger partial charge in [0.25, 0.3) is 0 Å². The van der Waals surface area contributed by atoms with Crippen molar-refractivity contribution in [3.8, 4) is 17.2 Å². The first-order valence-electron chi connectivity index (χ1n) is 6.71. The zero-order valence-electron chi connectivity index (χ0n) is 13.6. The third-order valence-corrected chi connectivity index (χ3v) is 5.34. The monoisotopic (exact) mass is 387 g/mol. The predicted molar refractivity (Wildman–Crippen MR) is 97.1 cm³/mol. The number of methoxy groups -OCH3 is 3. The Balaban J connectivity index is 2.02. The van der Waals surface area contributed by atoms with Crippen LogP contribution in [-0.4, -0.2) is 48.6 Å². The van der Waals surface area contributed by atoms with E-state index < -0.39 is 0 Å². The average Bonchev–Trinajstić information content (AvgIpc) is 3.07. The summed E-state index contributed by atoms with van der Waals surface area (Å²) in [6, 6.07) is 3.36. The largest absolute Gasteiger partial charge is 0.493 e. The molecule has 2 aromatic rings. The molecule has 10 heteroatoms. The molecule has 1 amide bonds. The standard InChI is InChI=1S/C14H17N3O4S3/c1-19-9-5-8(6-10(20-2)12(9)21-3)15-11(18)7-23-14-16-13(22-4)17-24-14/h5-6H,7H2,1-4H3,(H,15,18). The Hall–Kier alpha value is -1.65. The Bertz CT molecular complexity index is 683. The van der Waals surface area contributed by atoms with E-state index in [9.17, 15) is 4.79 Å². The first kappa shape index (κ1) is 18.7. The van der Waals surface area contributed by atoms with Gasteiger partial charge in [0, 0.05) is 17.8 Å². The second-order valence-corrected chi connectivity index (χ2v) is 7.05. The summed E-state index contributed by atoms with van der Waals surface area (Å²) in [6.45, 7) is 0. The number of carbonyl (C=O) groups is 1. The van der Waals surface area contributed by atoms with E-state index in [2.05, 4.69) is 14.7 Å². The molecule has 2 rings (SSSR count). The van der Waals surface area contributed by atoms with Crippen LogP contribution in [0.2, 0.25) is 0 Å². The van der Waals surface area contributed by atoms with E-state index in [1.165, 1.54) is 56.4 Å². The van der Waals surface area contributed by atoms with Gasteiger partial charge < -0.3 is 19.5 Å². The molecule has 0 unspecified atom stereocenters. The van der Waals surface area contributed by atoms with Crippen molar-refractivity contribution in [1.29, 1.82) is 0 Å². The van der Waals surface area contributed by atoms with Crippen LogP contribution >= 0.6 is 35.1 Å². The Morgan fingerprint density at radius 3 is 2.38 bits per heavy atom. The fourth-order valence-electron chi connectivity index (χ4n) is 1.82. The maximum atomic E-state index is 12.1. The lowest BCUT2D eigenvalue weighted by atomic mass is 10.2. The molecule has 0 fully saturated rings. The van der Waals surface area contributed by atoms with Crippen LogP contribution in [0.3, 0.4) is 0 Å². The van der Waals surface area contributed by atoms with Crippen LogP contribution in [0, 0.1) is 0 Å². The van der Waals surface area contributed by atoms with E-state index in [-0.39, 0.29) is 11.7 Å². The predicted octanol–water partition coefficient (Wildman–Crippen LogP) is 3.02. The van der Waals surface area contributed by atoms with Crippen LogP contribution in [0.4, 0.5) is 5.69 Å². The molecule has 24 heavy (non-hydrogen) atoms. The molecule has 1 heterocycles. The Kier molecular flexibility index (Phi) is 7.00. The summed E-state index contributed by atoms with van der Waals surface area (Å²) in [7, 11) is 4.58. The number of hydrogen-bond acceptors (Lipinski definition) is 9. The van der Waals surface area contributed by atoms with Gasteiger partial charge >= 0.3 is 0 Å². The quantitative estimate of drug-likeness (QED) is 0.692. The number of benzene rings is 1. The van der Waals surface area contributed by atoms with Crippen LogP contribution in [0.15, 0.2) is 21.6 Å². The smallest absolute Gasteiger partial charge is 0.234 e. The number of ether oxygens (including phenoxy) is 3. The van der Waals surface area contributed by atoms with Gasteiger partial charge in [0.1, 0.15) is 0 Å². The molecule has 0 aliphatic carbocycles. The van der Waals surface area contributed by atoms with Crippen molar-refractivity contribution in [1.82, 2.24) is 9.36 Å². The molecule has 1 N–H and O–H groups in total. The SMILES string of the molecule is COc1cc(NC(=O)CSc2nc(SC)ns2)cc(OC)c1OC. The minimum Gasteiger partial charge on any atom is -0.493 e. The van der Waals surface area contributed by atoms with Gasteiger partial charge in [0.2, 0.25) is 16.8 Å². The van der Waals surface area contributed by atoms with Gasteiger partial charge in [-0.2, -0.15) is 4.37 Å². The summed E-state index contributed by atoms with van der Waals surface area (Å²) in [5.41, 5.74) is 0.567. The molecule has 0 bridgehead atoms. The highest BCUT2D eigenvalue weighted by Crippen LogP contribution is 2.40. The Morgan fingerprint density at radius 1 is 1.21 bits per heavy atom. The van der Waals surface area contributed by atoms with E-state index in [1.54, 1.807) is 12.1 Å². The number of nitrogens with one attached hydrogen (secondary N) is 1. The van der Waals surface area contributed by atoms with Gasteiger partial charge in [0.05, 0.1) is 27.1 Å². The average molecular weight is 388 g/mol. The topological polar surface area (TPSA) is 82.6 Å². The maximum absolute atomic E-state index is 12.1. The molecule has 1 aromatic carbocycles.